The zero-order chi connectivity index (χ0) is 31.9. The third kappa shape index (κ3) is 5.40. The van der Waals surface area contributed by atoms with Gasteiger partial charge in [-0.25, -0.2) is 0 Å². The van der Waals surface area contributed by atoms with Crippen LogP contribution in [-0.4, -0.2) is 73.4 Å². The Morgan fingerprint density at radius 2 is 1.15 bits per heavy atom. The minimum atomic E-state index is -0.0927. The number of ether oxygens (including phenoxy) is 4. The van der Waals surface area contributed by atoms with Gasteiger partial charge in [-0.1, -0.05) is 42.5 Å². The highest BCUT2D eigenvalue weighted by Crippen LogP contribution is 2.40. The number of methoxy groups -OCH3 is 2. The first-order valence-corrected chi connectivity index (χ1v) is 15.1. The normalized spacial score (nSPS) is 19.7. The molecule has 0 aromatic heterocycles. The van der Waals surface area contributed by atoms with Crippen molar-refractivity contribution >= 4 is 35.6 Å². The quantitative estimate of drug-likeness (QED) is 0.294. The van der Waals surface area contributed by atoms with Crippen LogP contribution in [0.15, 0.2) is 82.8 Å². The molecule has 0 radical (unpaired) electrons. The number of amides is 2. The van der Waals surface area contributed by atoms with E-state index in [0.717, 1.165) is 22.3 Å². The van der Waals surface area contributed by atoms with Gasteiger partial charge in [-0.15, -0.1) is 0 Å². The fourth-order valence-corrected chi connectivity index (χ4v) is 6.34. The Hall–Kier alpha value is -5.38. The second-order valence-electron chi connectivity index (χ2n) is 11.9. The molecule has 2 fully saturated rings. The Morgan fingerprint density at radius 3 is 1.59 bits per heavy atom. The Labute approximate surface area is 267 Å². The second kappa shape index (κ2) is 11.8. The molecule has 4 aliphatic heterocycles. The lowest BCUT2D eigenvalue weighted by Gasteiger charge is -2.20. The van der Waals surface area contributed by atoms with Gasteiger partial charge >= 0.3 is 0 Å². The number of nitrogens with zero attached hydrogens (tertiary/aromatic N) is 4. The van der Waals surface area contributed by atoms with Crippen LogP contribution in [0.3, 0.4) is 0 Å². The van der Waals surface area contributed by atoms with Gasteiger partial charge in [0.05, 0.1) is 48.8 Å². The first kappa shape index (κ1) is 29.3. The Morgan fingerprint density at radius 1 is 0.696 bits per heavy atom. The van der Waals surface area contributed by atoms with E-state index in [9.17, 15) is 9.59 Å². The number of benzene rings is 3. The van der Waals surface area contributed by atoms with Crippen molar-refractivity contribution in [2.45, 2.75) is 38.1 Å². The minimum absolute atomic E-state index is 0.0905. The monoisotopic (exact) mass is 618 g/mol. The summed E-state index contributed by atoms with van der Waals surface area (Å²) in [5.41, 5.74) is 5.93. The first-order valence-electron chi connectivity index (χ1n) is 15.1. The predicted molar refractivity (Wildman–Crippen MR) is 175 cm³/mol. The Bertz CT molecular complexity index is 1720. The van der Waals surface area contributed by atoms with Gasteiger partial charge in [0, 0.05) is 37.7 Å². The molecule has 4 aliphatic rings. The van der Waals surface area contributed by atoms with Crippen LogP contribution >= 0.6 is 0 Å². The van der Waals surface area contributed by atoms with Crippen LogP contribution in [0.4, 0.5) is 11.4 Å². The molecule has 2 amide bonds. The van der Waals surface area contributed by atoms with Crippen molar-refractivity contribution in [2.75, 3.05) is 27.3 Å². The van der Waals surface area contributed by atoms with E-state index in [-0.39, 0.29) is 37.1 Å². The molecular formula is C36H34N4O6. The van der Waals surface area contributed by atoms with E-state index >= 15 is 0 Å². The number of carbonyl (C=O) groups is 2. The van der Waals surface area contributed by atoms with Gasteiger partial charge in [-0.2, -0.15) is 0 Å². The lowest BCUT2D eigenvalue weighted by atomic mass is 10.1. The summed E-state index contributed by atoms with van der Waals surface area (Å²) in [6.45, 7) is 9.66. The highest BCUT2D eigenvalue weighted by atomic mass is 16.5. The molecule has 10 nitrogen and oxygen atoms in total. The van der Waals surface area contributed by atoms with Crippen LogP contribution in [0.1, 0.15) is 44.7 Å². The van der Waals surface area contributed by atoms with Crippen molar-refractivity contribution in [1.29, 1.82) is 0 Å². The van der Waals surface area contributed by atoms with Crippen molar-refractivity contribution in [3.05, 3.63) is 95.1 Å². The maximum absolute atomic E-state index is 13.3. The molecule has 0 bridgehead atoms. The largest absolute Gasteiger partial charge is 0.493 e. The minimum Gasteiger partial charge on any atom is -0.493 e. The molecule has 0 aliphatic carbocycles. The van der Waals surface area contributed by atoms with Crippen LogP contribution < -0.4 is 18.9 Å². The lowest BCUT2D eigenvalue weighted by Crippen LogP contribution is -2.35. The van der Waals surface area contributed by atoms with Crippen molar-refractivity contribution in [3.63, 3.8) is 0 Å². The molecule has 234 valence electrons. The average molecular weight is 619 g/mol. The van der Waals surface area contributed by atoms with E-state index in [1.807, 2.05) is 36.7 Å². The van der Waals surface area contributed by atoms with Crippen LogP contribution in [0.25, 0.3) is 0 Å². The topological polar surface area (TPSA) is 102 Å². The standard InChI is InChI=1S/C36H34N4O6/c1-21-8-25-15-37-29-13-33(31(43-3)11-27(29)35(41)39(25)17-21)45-19-23-6-5-7-24(10-23)20-46-34-14-30-28(12-32(34)44-4)36(42)40-18-22(2)9-26(40)16-38-30/h5-7,10-16,25-26H,1-2,8-9,17-20H2,3-4H3. The number of carbonyl (C=O) groups excluding carboxylic acids is 2. The van der Waals surface area contributed by atoms with E-state index in [2.05, 4.69) is 23.1 Å². The molecule has 10 heteroatoms. The number of aliphatic imine (C=N–C) groups is 2. The van der Waals surface area contributed by atoms with Crippen LogP contribution in [-0.2, 0) is 13.2 Å². The zero-order valence-electron chi connectivity index (χ0n) is 25.8. The third-order valence-electron chi connectivity index (χ3n) is 8.68. The molecule has 2 saturated heterocycles. The average Bonchev–Trinajstić information content (AvgIpc) is 3.57. The molecule has 0 saturated carbocycles. The molecule has 3 aromatic carbocycles. The summed E-state index contributed by atoms with van der Waals surface area (Å²) in [6, 6.07) is 14.6. The van der Waals surface area contributed by atoms with Crippen molar-refractivity contribution in [1.82, 2.24) is 9.80 Å². The van der Waals surface area contributed by atoms with E-state index < -0.39 is 0 Å². The van der Waals surface area contributed by atoms with E-state index in [1.165, 1.54) is 0 Å². The molecule has 0 spiro atoms. The maximum atomic E-state index is 13.3. The molecule has 2 atom stereocenters. The predicted octanol–water partition coefficient (Wildman–Crippen LogP) is 5.84. The smallest absolute Gasteiger partial charge is 0.257 e. The van der Waals surface area contributed by atoms with Crippen LogP contribution in [0.5, 0.6) is 23.0 Å². The van der Waals surface area contributed by atoms with Crippen molar-refractivity contribution < 1.29 is 28.5 Å². The van der Waals surface area contributed by atoms with Gasteiger partial charge in [0.15, 0.2) is 23.0 Å². The summed E-state index contributed by atoms with van der Waals surface area (Å²) >= 11 is 0. The van der Waals surface area contributed by atoms with Gasteiger partial charge in [-0.05, 0) is 42.2 Å². The number of hydrogen-bond acceptors (Lipinski definition) is 8. The number of hydrogen-bond donors (Lipinski definition) is 0. The lowest BCUT2D eigenvalue weighted by molar-refractivity contribution is 0.0769. The third-order valence-corrected chi connectivity index (χ3v) is 8.68. The van der Waals surface area contributed by atoms with Gasteiger partial charge in [-0.3, -0.25) is 19.6 Å². The van der Waals surface area contributed by atoms with Crippen molar-refractivity contribution in [3.8, 4) is 23.0 Å². The second-order valence-corrected chi connectivity index (χ2v) is 11.9. The summed E-state index contributed by atoms with van der Waals surface area (Å²) in [6.07, 6.45) is 5.05. The van der Waals surface area contributed by atoms with Gasteiger partial charge < -0.3 is 28.7 Å². The van der Waals surface area contributed by atoms with E-state index in [1.54, 1.807) is 48.3 Å². The van der Waals surface area contributed by atoms with Gasteiger partial charge in [0.1, 0.15) is 13.2 Å². The van der Waals surface area contributed by atoms with Crippen LogP contribution in [0.2, 0.25) is 0 Å². The Balaban J connectivity index is 1.06. The summed E-state index contributed by atoms with van der Waals surface area (Å²) < 4.78 is 23.6. The number of rotatable bonds is 8. The number of fused-ring (bicyclic) bond motifs is 4. The summed E-state index contributed by atoms with van der Waals surface area (Å²) in [7, 11) is 3.10. The fraction of sp³-hybridized carbons (Fsp3) is 0.278. The maximum Gasteiger partial charge on any atom is 0.257 e. The molecule has 2 unspecified atom stereocenters. The Kier molecular flexibility index (Phi) is 7.56. The highest BCUT2D eigenvalue weighted by Gasteiger charge is 2.35. The van der Waals surface area contributed by atoms with E-state index in [0.29, 0.717) is 71.4 Å². The molecule has 3 aromatic rings. The molecule has 7 rings (SSSR count). The first-order chi connectivity index (χ1) is 22.3. The van der Waals surface area contributed by atoms with Gasteiger partial charge in [0.2, 0.25) is 0 Å². The molecular weight excluding hydrogens is 584 g/mol. The summed E-state index contributed by atoms with van der Waals surface area (Å²) in [5.74, 6) is 1.72. The molecule has 0 N–H and O–H groups in total. The molecule has 4 heterocycles. The molecule has 46 heavy (non-hydrogen) atoms. The summed E-state index contributed by atoms with van der Waals surface area (Å²) in [4.78, 5) is 39.4. The SMILES string of the molecule is C=C1CC2C=Nc3cc(OCc4cccc(COc5cc6c(cc5OC)C(=O)N5CC(=C)CC5C=N6)c4)c(OC)cc3C(=O)N2C1. The zero-order valence-corrected chi connectivity index (χ0v) is 25.8. The van der Waals surface area contributed by atoms with Crippen molar-refractivity contribution in [2.24, 2.45) is 9.98 Å². The van der Waals surface area contributed by atoms with Gasteiger partial charge in [0.25, 0.3) is 11.8 Å². The summed E-state index contributed by atoms with van der Waals surface area (Å²) in [5, 5.41) is 0. The highest BCUT2D eigenvalue weighted by molar-refractivity contribution is 6.04. The fourth-order valence-electron chi connectivity index (χ4n) is 6.34. The van der Waals surface area contributed by atoms with E-state index in [4.69, 9.17) is 18.9 Å². The van der Waals surface area contributed by atoms with Crippen LogP contribution in [0, 0.1) is 0 Å².